The summed E-state index contributed by atoms with van der Waals surface area (Å²) in [6.45, 7) is 5.48. The smallest absolute Gasteiger partial charge is 0.378 e. The zero-order valence-electron chi connectivity index (χ0n) is 14.9. The molecule has 0 radical (unpaired) electrons. The second-order valence-electron chi connectivity index (χ2n) is 6.63. The summed E-state index contributed by atoms with van der Waals surface area (Å²) < 4.78 is 43.6. The highest BCUT2D eigenvalue weighted by molar-refractivity contribution is 7.15. The number of carbonyl (C=O) groups is 1. The molecule has 2 aliphatic rings. The van der Waals surface area contributed by atoms with Gasteiger partial charge in [0.1, 0.15) is 6.04 Å². The second kappa shape index (κ2) is 7.69. The summed E-state index contributed by atoms with van der Waals surface area (Å²) in [5.74, 6) is -0.278. The first kappa shape index (κ1) is 19.4. The molecule has 1 unspecified atom stereocenters. The topological polar surface area (TPSA) is 48.9 Å². The van der Waals surface area contributed by atoms with Crippen LogP contribution in [0.15, 0.2) is 0 Å². The lowest BCUT2D eigenvalue weighted by Crippen LogP contribution is -2.59. The molecular formula is C16H23F3N4O2S. The summed E-state index contributed by atoms with van der Waals surface area (Å²) in [4.78, 5) is 23.4. The molecule has 3 rings (SSSR count). The molecule has 0 aliphatic carbocycles. The molecule has 0 N–H and O–H groups in total. The van der Waals surface area contributed by atoms with Crippen LogP contribution >= 0.6 is 11.3 Å². The largest absolute Gasteiger partial charge is 0.401 e. The highest BCUT2D eigenvalue weighted by Crippen LogP contribution is 2.26. The lowest BCUT2D eigenvalue weighted by atomic mass is 10.1. The summed E-state index contributed by atoms with van der Waals surface area (Å²) >= 11 is 1.62. The van der Waals surface area contributed by atoms with Crippen LogP contribution < -0.4 is 4.90 Å². The molecule has 1 amide bonds. The van der Waals surface area contributed by atoms with Crippen molar-refractivity contribution in [1.29, 1.82) is 0 Å². The number of carbonyl (C=O) groups excluding carboxylic acids is 1. The minimum Gasteiger partial charge on any atom is -0.378 e. The number of anilines is 1. The number of thiazole rings is 1. The average molecular weight is 392 g/mol. The number of aryl methyl sites for hydroxylation is 2. The summed E-state index contributed by atoms with van der Waals surface area (Å²) in [7, 11) is 0. The molecule has 2 aliphatic heterocycles. The van der Waals surface area contributed by atoms with Gasteiger partial charge in [-0.3, -0.25) is 9.69 Å². The van der Waals surface area contributed by atoms with E-state index in [0.717, 1.165) is 10.8 Å². The molecule has 10 heteroatoms. The van der Waals surface area contributed by atoms with Crippen LogP contribution in [-0.2, 0) is 9.53 Å². The van der Waals surface area contributed by atoms with Crippen molar-refractivity contribution in [2.75, 3.05) is 57.4 Å². The van der Waals surface area contributed by atoms with Crippen molar-refractivity contribution in [2.45, 2.75) is 26.1 Å². The van der Waals surface area contributed by atoms with Gasteiger partial charge in [0.05, 0.1) is 25.5 Å². The number of ether oxygens (including phenoxy) is 1. The van der Waals surface area contributed by atoms with Crippen molar-refractivity contribution >= 4 is 22.4 Å². The van der Waals surface area contributed by atoms with Crippen LogP contribution in [0.2, 0.25) is 0 Å². The van der Waals surface area contributed by atoms with E-state index >= 15 is 0 Å². The molecule has 0 saturated carbocycles. The van der Waals surface area contributed by atoms with Gasteiger partial charge in [0.2, 0.25) is 5.91 Å². The third-order valence-electron chi connectivity index (χ3n) is 4.79. The first-order valence-electron chi connectivity index (χ1n) is 8.61. The van der Waals surface area contributed by atoms with E-state index in [2.05, 4.69) is 9.88 Å². The van der Waals surface area contributed by atoms with Crippen molar-refractivity contribution in [3.8, 4) is 0 Å². The number of hydrogen-bond donors (Lipinski definition) is 0. The zero-order chi connectivity index (χ0) is 18.9. The first-order chi connectivity index (χ1) is 12.2. The van der Waals surface area contributed by atoms with Crippen molar-refractivity contribution in [1.82, 2.24) is 14.8 Å². The molecule has 146 valence electrons. The summed E-state index contributed by atoms with van der Waals surface area (Å²) in [5, 5.41) is 0.937. The van der Waals surface area contributed by atoms with Crippen LogP contribution in [0.4, 0.5) is 18.3 Å². The van der Waals surface area contributed by atoms with Gasteiger partial charge in [0.15, 0.2) is 5.13 Å². The maximum Gasteiger partial charge on any atom is 0.401 e. The van der Waals surface area contributed by atoms with Crippen LogP contribution in [0, 0.1) is 13.8 Å². The van der Waals surface area contributed by atoms with Crippen LogP contribution in [0.3, 0.4) is 0 Å². The number of nitrogens with zero attached hydrogens (tertiary/aromatic N) is 4. The van der Waals surface area contributed by atoms with Crippen LogP contribution in [0.5, 0.6) is 0 Å². The molecule has 2 fully saturated rings. The highest BCUT2D eigenvalue weighted by atomic mass is 32.1. The fraction of sp³-hybridized carbons (Fsp3) is 0.750. The molecular weight excluding hydrogens is 369 g/mol. The van der Waals surface area contributed by atoms with E-state index in [0.29, 0.717) is 26.2 Å². The van der Waals surface area contributed by atoms with Gasteiger partial charge in [0.25, 0.3) is 0 Å². The molecule has 3 heterocycles. The maximum atomic E-state index is 12.8. The van der Waals surface area contributed by atoms with Gasteiger partial charge in [-0.2, -0.15) is 13.2 Å². The Morgan fingerprint density at radius 2 is 1.92 bits per heavy atom. The lowest BCUT2D eigenvalue weighted by Gasteiger charge is -2.40. The maximum absolute atomic E-state index is 12.8. The van der Waals surface area contributed by atoms with Gasteiger partial charge < -0.3 is 14.5 Å². The third-order valence-corrected chi connectivity index (χ3v) is 5.92. The Bertz CT molecular complexity index is 624. The number of piperazine rings is 1. The summed E-state index contributed by atoms with van der Waals surface area (Å²) in [6, 6.07) is -0.860. The number of morpholine rings is 1. The van der Waals surface area contributed by atoms with E-state index in [1.165, 1.54) is 9.78 Å². The van der Waals surface area contributed by atoms with E-state index < -0.39 is 18.8 Å². The van der Waals surface area contributed by atoms with Gasteiger partial charge in [0, 0.05) is 37.6 Å². The summed E-state index contributed by atoms with van der Waals surface area (Å²) in [5.41, 5.74) is 1.01. The van der Waals surface area contributed by atoms with Gasteiger partial charge >= 0.3 is 6.18 Å². The van der Waals surface area contributed by atoms with Crippen LogP contribution in [-0.4, -0.2) is 85.4 Å². The molecule has 0 aromatic carbocycles. The fourth-order valence-corrected chi connectivity index (χ4v) is 4.17. The molecule has 0 spiro atoms. The second-order valence-corrected chi connectivity index (χ2v) is 7.81. The Kier molecular flexibility index (Phi) is 5.73. The Hall–Kier alpha value is -1.39. The zero-order valence-corrected chi connectivity index (χ0v) is 15.7. The van der Waals surface area contributed by atoms with E-state index in [-0.39, 0.29) is 25.7 Å². The lowest BCUT2D eigenvalue weighted by molar-refractivity contribution is -0.170. The Morgan fingerprint density at radius 3 is 2.50 bits per heavy atom. The molecule has 0 bridgehead atoms. The SMILES string of the molecule is Cc1nc(N2CCN(C(=O)C3COCCN3CC(F)(F)F)CC2)sc1C. The van der Waals surface area contributed by atoms with Gasteiger partial charge in [-0.1, -0.05) is 0 Å². The minimum absolute atomic E-state index is 0.0139. The molecule has 26 heavy (non-hydrogen) atoms. The van der Waals surface area contributed by atoms with Gasteiger partial charge in [-0.05, 0) is 13.8 Å². The number of amides is 1. The third kappa shape index (κ3) is 4.47. The van der Waals surface area contributed by atoms with Crippen molar-refractivity contribution < 1.29 is 22.7 Å². The summed E-state index contributed by atoms with van der Waals surface area (Å²) in [6.07, 6.45) is -4.32. The predicted octanol–water partition coefficient (Wildman–Crippen LogP) is 1.67. The van der Waals surface area contributed by atoms with Crippen molar-refractivity contribution in [3.63, 3.8) is 0 Å². The number of halogens is 3. The van der Waals surface area contributed by atoms with Crippen molar-refractivity contribution in [3.05, 3.63) is 10.6 Å². The molecule has 1 aromatic heterocycles. The number of hydrogen-bond acceptors (Lipinski definition) is 6. The van der Waals surface area contributed by atoms with E-state index in [1.54, 1.807) is 16.2 Å². The molecule has 1 atom stereocenters. The predicted molar refractivity (Wildman–Crippen MR) is 92.6 cm³/mol. The Balaban J connectivity index is 1.60. The number of rotatable bonds is 3. The van der Waals surface area contributed by atoms with Crippen LogP contribution in [0.25, 0.3) is 0 Å². The minimum atomic E-state index is -4.32. The Morgan fingerprint density at radius 1 is 1.23 bits per heavy atom. The van der Waals surface area contributed by atoms with Crippen molar-refractivity contribution in [2.24, 2.45) is 0 Å². The molecule has 6 nitrogen and oxygen atoms in total. The normalized spacial score (nSPS) is 22.7. The molecule has 2 saturated heterocycles. The van der Waals surface area contributed by atoms with E-state index in [1.807, 2.05) is 13.8 Å². The van der Waals surface area contributed by atoms with Gasteiger partial charge in [-0.15, -0.1) is 11.3 Å². The monoisotopic (exact) mass is 392 g/mol. The standard InChI is InChI=1S/C16H23F3N4O2S/c1-11-12(2)26-15(20-11)22-5-3-21(4-6-22)14(24)13-9-25-8-7-23(13)10-16(17,18)19/h13H,3-10H2,1-2H3. The highest BCUT2D eigenvalue weighted by Gasteiger charge is 2.40. The average Bonchev–Trinajstić information content (AvgIpc) is 2.93. The van der Waals surface area contributed by atoms with E-state index in [4.69, 9.17) is 4.74 Å². The van der Waals surface area contributed by atoms with E-state index in [9.17, 15) is 18.0 Å². The quantitative estimate of drug-likeness (QED) is 0.783. The Labute approximate surface area is 154 Å². The molecule has 1 aromatic rings. The fourth-order valence-electron chi connectivity index (χ4n) is 3.20. The van der Waals surface area contributed by atoms with Gasteiger partial charge in [-0.25, -0.2) is 4.98 Å². The van der Waals surface area contributed by atoms with Crippen LogP contribution in [0.1, 0.15) is 10.6 Å². The first-order valence-corrected chi connectivity index (χ1v) is 9.42. The number of aromatic nitrogens is 1. The number of alkyl halides is 3.